The van der Waals surface area contributed by atoms with Gasteiger partial charge in [-0.15, -0.1) is 0 Å². The van der Waals surface area contributed by atoms with Crippen LogP contribution in [-0.2, 0) is 20.1 Å². The molecule has 27 heavy (non-hydrogen) atoms. The highest BCUT2D eigenvalue weighted by Crippen LogP contribution is 2.48. The number of carbonyl (C=O) groups is 1. The van der Waals surface area contributed by atoms with Crippen LogP contribution in [0.2, 0.25) is 5.02 Å². The van der Waals surface area contributed by atoms with E-state index in [9.17, 15) is 4.79 Å². The lowest BCUT2D eigenvalue weighted by atomic mass is 10.1. The number of hydrogen-bond donors (Lipinski definition) is 0. The van der Waals surface area contributed by atoms with Crippen molar-refractivity contribution in [2.24, 2.45) is 0 Å². The van der Waals surface area contributed by atoms with Crippen LogP contribution in [0.15, 0.2) is 42.5 Å². The first-order valence-corrected chi connectivity index (χ1v) is 9.58. The zero-order chi connectivity index (χ0) is 18.9. The van der Waals surface area contributed by atoms with Crippen LogP contribution in [0.1, 0.15) is 24.0 Å². The van der Waals surface area contributed by atoms with Crippen LogP contribution in [0.3, 0.4) is 0 Å². The number of ether oxygens (including phenoxy) is 3. The molecule has 0 aromatic heterocycles. The van der Waals surface area contributed by atoms with E-state index in [0.29, 0.717) is 49.1 Å². The molecule has 2 aromatic rings. The SMILES string of the molecule is Cc1cccc(OCCCN2C(=O)C3(OCCCO3)c3cccc(Cl)c32)c1. The maximum atomic E-state index is 13.2. The van der Waals surface area contributed by atoms with Gasteiger partial charge >= 0.3 is 0 Å². The van der Waals surface area contributed by atoms with Crippen molar-refractivity contribution in [3.8, 4) is 5.75 Å². The molecule has 0 radical (unpaired) electrons. The number of hydrogen-bond acceptors (Lipinski definition) is 4. The summed E-state index contributed by atoms with van der Waals surface area (Å²) < 4.78 is 17.5. The number of rotatable bonds is 5. The Kier molecular flexibility index (Phi) is 5.08. The molecule has 6 heteroatoms. The van der Waals surface area contributed by atoms with E-state index in [1.165, 1.54) is 0 Å². The summed E-state index contributed by atoms with van der Waals surface area (Å²) in [6.07, 6.45) is 1.44. The van der Waals surface area contributed by atoms with E-state index in [1.807, 2.05) is 43.3 Å². The lowest BCUT2D eigenvalue weighted by molar-refractivity contribution is -0.256. The fraction of sp³-hybridized carbons (Fsp3) is 0.381. The number of fused-ring (bicyclic) bond motifs is 2. The Hall–Kier alpha value is -2.08. The van der Waals surface area contributed by atoms with E-state index in [0.717, 1.165) is 17.7 Å². The molecule has 142 valence electrons. The Labute approximate surface area is 163 Å². The third kappa shape index (κ3) is 3.31. The Balaban J connectivity index is 1.49. The van der Waals surface area contributed by atoms with Crippen molar-refractivity contribution < 1.29 is 19.0 Å². The lowest BCUT2D eigenvalue weighted by Gasteiger charge is -2.32. The van der Waals surface area contributed by atoms with Gasteiger partial charge in [0.25, 0.3) is 11.7 Å². The average molecular weight is 388 g/mol. The molecule has 5 nitrogen and oxygen atoms in total. The molecule has 1 amide bonds. The van der Waals surface area contributed by atoms with Gasteiger partial charge < -0.3 is 19.1 Å². The minimum Gasteiger partial charge on any atom is -0.494 e. The van der Waals surface area contributed by atoms with Crippen LogP contribution in [0.4, 0.5) is 5.69 Å². The normalized spacial score (nSPS) is 18.0. The second-order valence-corrected chi connectivity index (χ2v) is 7.19. The van der Waals surface area contributed by atoms with Crippen molar-refractivity contribution in [1.29, 1.82) is 0 Å². The summed E-state index contributed by atoms with van der Waals surface area (Å²) in [5.41, 5.74) is 2.53. The molecule has 1 spiro atoms. The maximum absolute atomic E-state index is 13.2. The van der Waals surface area contributed by atoms with E-state index < -0.39 is 5.79 Å². The van der Waals surface area contributed by atoms with E-state index in [1.54, 1.807) is 11.0 Å². The molecule has 0 bridgehead atoms. The van der Waals surface area contributed by atoms with E-state index in [2.05, 4.69) is 0 Å². The summed E-state index contributed by atoms with van der Waals surface area (Å²) in [4.78, 5) is 14.8. The zero-order valence-electron chi connectivity index (χ0n) is 15.2. The number of halogens is 1. The molecule has 2 aliphatic rings. The number of para-hydroxylation sites is 1. The van der Waals surface area contributed by atoms with Gasteiger partial charge in [0.05, 0.1) is 30.5 Å². The predicted octanol–water partition coefficient (Wildman–Crippen LogP) is 4.05. The van der Waals surface area contributed by atoms with E-state index in [4.69, 9.17) is 25.8 Å². The van der Waals surface area contributed by atoms with E-state index >= 15 is 0 Å². The van der Waals surface area contributed by atoms with Gasteiger partial charge in [-0.05, 0) is 43.5 Å². The zero-order valence-corrected chi connectivity index (χ0v) is 16.0. The van der Waals surface area contributed by atoms with Gasteiger partial charge in [-0.2, -0.15) is 0 Å². The summed E-state index contributed by atoms with van der Waals surface area (Å²) in [6.45, 7) is 3.99. The quantitative estimate of drug-likeness (QED) is 0.726. The Bertz CT molecular complexity index is 848. The number of nitrogens with zero attached hydrogens (tertiary/aromatic N) is 1. The van der Waals surface area contributed by atoms with Gasteiger partial charge in [-0.25, -0.2) is 0 Å². The van der Waals surface area contributed by atoms with Crippen LogP contribution in [0.25, 0.3) is 0 Å². The number of benzene rings is 2. The van der Waals surface area contributed by atoms with Crippen LogP contribution in [0.5, 0.6) is 5.75 Å². The minimum atomic E-state index is -1.35. The lowest BCUT2D eigenvalue weighted by Crippen LogP contribution is -2.47. The summed E-state index contributed by atoms with van der Waals surface area (Å²) in [7, 11) is 0. The van der Waals surface area contributed by atoms with Gasteiger partial charge in [0.1, 0.15) is 5.75 Å². The minimum absolute atomic E-state index is 0.208. The second-order valence-electron chi connectivity index (χ2n) is 6.78. The molecular weight excluding hydrogens is 366 g/mol. The second kappa shape index (κ2) is 7.50. The summed E-state index contributed by atoms with van der Waals surface area (Å²) in [5, 5.41) is 0.523. The van der Waals surface area contributed by atoms with Gasteiger partial charge in [0, 0.05) is 12.1 Å². The summed E-state index contributed by atoms with van der Waals surface area (Å²) in [5.74, 6) is -0.729. The molecule has 0 atom stereocenters. The molecule has 1 saturated heterocycles. The molecule has 2 aromatic carbocycles. The highest BCUT2D eigenvalue weighted by molar-refractivity contribution is 6.35. The van der Waals surface area contributed by atoms with Gasteiger partial charge in [-0.1, -0.05) is 35.9 Å². The van der Waals surface area contributed by atoms with Crippen LogP contribution < -0.4 is 9.64 Å². The van der Waals surface area contributed by atoms with Crippen molar-refractivity contribution in [3.05, 3.63) is 58.6 Å². The highest BCUT2D eigenvalue weighted by Gasteiger charge is 2.55. The largest absolute Gasteiger partial charge is 0.494 e. The summed E-state index contributed by atoms with van der Waals surface area (Å²) in [6, 6.07) is 13.4. The Morgan fingerprint density at radius 2 is 1.96 bits per heavy atom. The van der Waals surface area contributed by atoms with Crippen molar-refractivity contribution >= 4 is 23.2 Å². The van der Waals surface area contributed by atoms with Gasteiger partial charge in [0.2, 0.25) is 0 Å². The number of anilines is 1. The summed E-state index contributed by atoms with van der Waals surface area (Å²) >= 11 is 6.42. The predicted molar refractivity (Wildman–Crippen MR) is 103 cm³/mol. The van der Waals surface area contributed by atoms with Crippen molar-refractivity contribution in [2.45, 2.75) is 25.6 Å². The molecule has 4 rings (SSSR count). The first-order chi connectivity index (χ1) is 13.1. The molecule has 0 aliphatic carbocycles. The van der Waals surface area contributed by atoms with Crippen LogP contribution in [-0.4, -0.2) is 32.3 Å². The standard InChI is InChI=1S/C21H22ClNO4/c1-15-6-2-7-16(14-15)25-11-4-10-23-19-17(8-3-9-18(19)22)21(20(23)24)26-12-5-13-27-21/h2-3,6-9,14H,4-5,10-13H2,1H3. The van der Waals surface area contributed by atoms with Crippen molar-refractivity contribution in [3.63, 3.8) is 0 Å². The first kappa shape index (κ1) is 18.3. The maximum Gasteiger partial charge on any atom is 0.292 e. The molecule has 0 saturated carbocycles. The topological polar surface area (TPSA) is 48.0 Å². The van der Waals surface area contributed by atoms with Crippen LogP contribution >= 0.6 is 11.6 Å². The van der Waals surface area contributed by atoms with Crippen molar-refractivity contribution in [2.75, 3.05) is 31.3 Å². The van der Waals surface area contributed by atoms with Crippen molar-refractivity contribution in [1.82, 2.24) is 0 Å². The van der Waals surface area contributed by atoms with E-state index in [-0.39, 0.29) is 5.91 Å². The molecule has 1 fully saturated rings. The molecule has 0 N–H and O–H groups in total. The molecule has 2 heterocycles. The fourth-order valence-corrected chi connectivity index (χ4v) is 3.87. The number of amides is 1. The monoisotopic (exact) mass is 387 g/mol. The third-order valence-corrected chi connectivity index (χ3v) is 5.13. The Morgan fingerprint density at radius 3 is 2.74 bits per heavy atom. The fourth-order valence-electron chi connectivity index (χ4n) is 3.59. The average Bonchev–Trinajstić information content (AvgIpc) is 2.90. The van der Waals surface area contributed by atoms with Gasteiger partial charge in [0.15, 0.2) is 0 Å². The smallest absolute Gasteiger partial charge is 0.292 e. The number of carbonyl (C=O) groups excluding carboxylic acids is 1. The first-order valence-electron chi connectivity index (χ1n) is 9.20. The molecule has 2 aliphatic heterocycles. The molecule has 0 unspecified atom stereocenters. The number of aryl methyl sites for hydroxylation is 1. The van der Waals surface area contributed by atoms with Crippen LogP contribution in [0, 0.1) is 6.92 Å². The molecular formula is C21H22ClNO4. The highest BCUT2D eigenvalue weighted by atomic mass is 35.5. The Morgan fingerprint density at radius 1 is 1.19 bits per heavy atom. The third-order valence-electron chi connectivity index (χ3n) is 4.82. The van der Waals surface area contributed by atoms with Gasteiger partial charge in [-0.3, -0.25) is 4.79 Å².